The van der Waals surface area contributed by atoms with Crippen molar-refractivity contribution in [2.24, 2.45) is 0 Å². The number of rotatable bonds is 1. The van der Waals surface area contributed by atoms with Crippen LogP contribution in [0.3, 0.4) is 0 Å². The molecule has 1 heterocycles. The van der Waals surface area contributed by atoms with Crippen LogP contribution in [0, 0.1) is 0 Å². The Kier molecular flexibility index (Phi) is 4.17. The maximum Gasteiger partial charge on any atom is 0.412 e. The standard InChI is InChI=1S/C16H21F2NO3/c1-15(2,3)22-14(21)19-8-7-10-9-11(16(4,17)18)5-6-12(10)13(19)20/h5-6,9,13,20H,7-8H2,1-4H3. The Bertz CT molecular complexity index is 576. The van der Waals surface area contributed by atoms with E-state index >= 15 is 0 Å². The molecule has 1 unspecified atom stereocenters. The van der Waals surface area contributed by atoms with Crippen molar-refractivity contribution in [3.8, 4) is 0 Å². The van der Waals surface area contributed by atoms with Crippen LogP contribution >= 0.6 is 0 Å². The fourth-order valence-electron chi connectivity index (χ4n) is 2.39. The minimum absolute atomic E-state index is 0.0934. The summed E-state index contributed by atoms with van der Waals surface area (Å²) in [6.07, 6.45) is -1.40. The number of halogens is 2. The van der Waals surface area contributed by atoms with Crippen LogP contribution in [0.1, 0.15) is 50.6 Å². The second-order valence-electron chi connectivity index (χ2n) is 6.60. The molecule has 0 bridgehead atoms. The van der Waals surface area contributed by atoms with E-state index in [-0.39, 0.29) is 12.1 Å². The monoisotopic (exact) mass is 313 g/mol. The quantitative estimate of drug-likeness (QED) is 0.862. The molecule has 1 amide bonds. The highest BCUT2D eigenvalue weighted by Gasteiger charge is 2.34. The minimum Gasteiger partial charge on any atom is -0.444 e. The van der Waals surface area contributed by atoms with Crippen molar-refractivity contribution < 1.29 is 23.4 Å². The number of amides is 1. The van der Waals surface area contributed by atoms with Crippen LogP contribution in [-0.2, 0) is 17.1 Å². The summed E-state index contributed by atoms with van der Waals surface area (Å²) in [4.78, 5) is 13.3. The van der Waals surface area contributed by atoms with Crippen LogP contribution in [0.4, 0.5) is 13.6 Å². The smallest absolute Gasteiger partial charge is 0.412 e. The summed E-state index contributed by atoms with van der Waals surface area (Å²) in [5, 5.41) is 10.3. The summed E-state index contributed by atoms with van der Waals surface area (Å²) >= 11 is 0. The van der Waals surface area contributed by atoms with E-state index in [0.29, 0.717) is 17.5 Å². The van der Waals surface area contributed by atoms with Gasteiger partial charge in [-0.05, 0) is 38.8 Å². The summed E-state index contributed by atoms with van der Waals surface area (Å²) in [6, 6.07) is 4.12. The molecule has 1 atom stereocenters. The number of aliphatic hydroxyl groups excluding tert-OH is 1. The van der Waals surface area contributed by atoms with E-state index in [1.807, 2.05) is 0 Å². The van der Waals surface area contributed by atoms with Crippen molar-refractivity contribution in [1.82, 2.24) is 4.90 Å². The Labute approximate surface area is 128 Å². The van der Waals surface area contributed by atoms with E-state index in [1.54, 1.807) is 20.8 Å². The zero-order valence-corrected chi connectivity index (χ0v) is 13.2. The molecule has 1 aromatic carbocycles. The third-order valence-corrected chi connectivity index (χ3v) is 3.47. The number of fused-ring (bicyclic) bond motifs is 1. The first-order valence-corrected chi connectivity index (χ1v) is 7.18. The van der Waals surface area contributed by atoms with Crippen molar-refractivity contribution in [2.75, 3.05) is 6.54 Å². The normalized spacial score (nSPS) is 18.9. The summed E-state index contributed by atoms with van der Waals surface area (Å²) < 4.78 is 32.0. The Balaban J connectivity index is 2.24. The van der Waals surface area contributed by atoms with Crippen molar-refractivity contribution in [3.05, 3.63) is 34.9 Å². The molecular weight excluding hydrogens is 292 g/mol. The van der Waals surface area contributed by atoms with E-state index in [0.717, 1.165) is 6.92 Å². The zero-order chi connectivity index (χ0) is 16.7. The van der Waals surface area contributed by atoms with Crippen LogP contribution in [0.15, 0.2) is 18.2 Å². The number of ether oxygens (including phenoxy) is 1. The van der Waals surface area contributed by atoms with Crippen LogP contribution in [0.2, 0.25) is 0 Å². The number of nitrogens with zero attached hydrogens (tertiary/aromatic N) is 1. The van der Waals surface area contributed by atoms with Gasteiger partial charge in [0.15, 0.2) is 6.23 Å². The maximum absolute atomic E-state index is 13.4. The van der Waals surface area contributed by atoms with Crippen LogP contribution in [0.5, 0.6) is 0 Å². The number of alkyl halides is 2. The number of hydrogen-bond acceptors (Lipinski definition) is 3. The van der Waals surface area contributed by atoms with Gasteiger partial charge in [0.25, 0.3) is 5.92 Å². The van der Waals surface area contributed by atoms with E-state index in [4.69, 9.17) is 4.74 Å². The molecule has 0 fully saturated rings. The second-order valence-corrected chi connectivity index (χ2v) is 6.60. The molecule has 0 saturated heterocycles. The largest absolute Gasteiger partial charge is 0.444 e. The molecule has 0 aliphatic carbocycles. The molecule has 0 saturated carbocycles. The molecule has 1 aliphatic rings. The van der Waals surface area contributed by atoms with Crippen molar-refractivity contribution in [2.45, 2.75) is 51.9 Å². The van der Waals surface area contributed by atoms with Gasteiger partial charge in [-0.15, -0.1) is 0 Å². The van der Waals surface area contributed by atoms with Gasteiger partial charge in [0.2, 0.25) is 0 Å². The number of carbonyl (C=O) groups excluding carboxylic acids is 1. The highest BCUT2D eigenvalue weighted by Crippen LogP contribution is 2.34. The average molecular weight is 313 g/mol. The van der Waals surface area contributed by atoms with Crippen molar-refractivity contribution >= 4 is 6.09 Å². The van der Waals surface area contributed by atoms with Crippen LogP contribution in [0.25, 0.3) is 0 Å². The Hall–Kier alpha value is -1.69. The highest BCUT2D eigenvalue weighted by molar-refractivity contribution is 5.69. The number of aliphatic hydroxyl groups is 1. The SMILES string of the molecule is CC(C)(C)OC(=O)N1CCc2cc(C(C)(F)F)ccc2C1O. The molecule has 1 N–H and O–H groups in total. The summed E-state index contributed by atoms with van der Waals surface area (Å²) in [6.45, 7) is 6.28. The lowest BCUT2D eigenvalue weighted by Crippen LogP contribution is -2.43. The van der Waals surface area contributed by atoms with Gasteiger partial charge >= 0.3 is 6.09 Å². The maximum atomic E-state index is 13.4. The average Bonchev–Trinajstić information content (AvgIpc) is 2.35. The lowest BCUT2D eigenvalue weighted by molar-refractivity contribution is -0.0361. The number of benzene rings is 1. The molecule has 122 valence electrons. The number of hydrogen-bond donors (Lipinski definition) is 1. The van der Waals surface area contributed by atoms with E-state index < -0.39 is 23.8 Å². The van der Waals surface area contributed by atoms with Crippen molar-refractivity contribution in [3.63, 3.8) is 0 Å². The van der Waals surface area contributed by atoms with Gasteiger partial charge in [-0.3, -0.25) is 4.90 Å². The van der Waals surface area contributed by atoms with Crippen LogP contribution < -0.4 is 0 Å². The third kappa shape index (κ3) is 3.55. The summed E-state index contributed by atoms with van der Waals surface area (Å²) in [5.74, 6) is -2.93. The molecule has 2 rings (SSSR count). The molecular formula is C16H21F2NO3. The predicted molar refractivity (Wildman–Crippen MR) is 77.6 cm³/mol. The van der Waals surface area contributed by atoms with Gasteiger partial charge in [-0.2, -0.15) is 0 Å². The first-order chi connectivity index (χ1) is 9.99. The molecule has 0 aromatic heterocycles. The third-order valence-electron chi connectivity index (χ3n) is 3.47. The van der Waals surface area contributed by atoms with Gasteiger partial charge in [0.05, 0.1) is 0 Å². The number of carbonyl (C=O) groups is 1. The van der Waals surface area contributed by atoms with Gasteiger partial charge in [0, 0.05) is 24.6 Å². The molecule has 0 radical (unpaired) electrons. The summed E-state index contributed by atoms with van der Waals surface area (Å²) in [5.41, 5.74) is 0.339. The van der Waals surface area contributed by atoms with Crippen molar-refractivity contribution in [1.29, 1.82) is 0 Å². The molecule has 0 spiro atoms. The van der Waals surface area contributed by atoms with Crippen LogP contribution in [-0.4, -0.2) is 28.2 Å². The lowest BCUT2D eigenvalue weighted by atomic mass is 9.94. The predicted octanol–water partition coefficient (Wildman–Crippen LogP) is 3.58. The fraction of sp³-hybridized carbons (Fsp3) is 0.562. The highest BCUT2D eigenvalue weighted by atomic mass is 19.3. The second kappa shape index (κ2) is 5.50. The minimum atomic E-state index is -2.93. The van der Waals surface area contributed by atoms with E-state index in [2.05, 4.69) is 0 Å². The van der Waals surface area contributed by atoms with Gasteiger partial charge in [-0.1, -0.05) is 12.1 Å². The first kappa shape index (κ1) is 16.7. The van der Waals surface area contributed by atoms with E-state index in [9.17, 15) is 18.7 Å². The Morgan fingerprint density at radius 1 is 1.32 bits per heavy atom. The molecule has 1 aromatic rings. The first-order valence-electron chi connectivity index (χ1n) is 7.18. The molecule has 4 nitrogen and oxygen atoms in total. The van der Waals surface area contributed by atoms with E-state index in [1.165, 1.54) is 23.1 Å². The fourth-order valence-corrected chi connectivity index (χ4v) is 2.39. The summed E-state index contributed by atoms with van der Waals surface area (Å²) in [7, 11) is 0. The molecule has 6 heteroatoms. The zero-order valence-electron chi connectivity index (χ0n) is 13.2. The van der Waals surface area contributed by atoms with Gasteiger partial charge in [0.1, 0.15) is 5.60 Å². The Morgan fingerprint density at radius 3 is 2.50 bits per heavy atom. The van der Waals surface area contributed by atoms with Gasteiger partial charge in [-0.25, -0.2) is 13.6 Å². The molecule has 1 aliphatic heterocycles. The van der Waals surface area contributed by atoms with Gasteiger partial charge < -0.3 is 9.84 Å². The Morgan fingerprint density at radius 2 is 1.95 bits per heavy atom. The molecule has 22 heavy (non-hydrogen) atoms. The lowest BCUT2D eigenvalue weighted by Gasteiger charge is -2.35. The topological polar surface area (TPSA) is 49.8 Å².